The average molecular weight is 209 g/mol. The first-order chi connectivity index (χ1) is 6.79. The number of hydrogen-bond donors (Lipinski definition) is 2. The van der Waals surface area contributed by atoms with Crippen molar-refractivity contribution in [3.63, 3.8) is 0 Å². The van der Waals surface area contributed by atoms with E-state index in [2.05, 4.69) is 0 Å². The number of anilines is 1. The summed E-state index contributed by atoms with van der Waals surface area (Å²) in [5.74, 6) is -0.541. The van der Waals surface area contributed by atoms with Crippen LogP contribution in [0.3, 0.4) is 0 Å². The lowest BCUT2D eigenvalue weighted by Crippen LogP contribution is -2.24. The van der Waals surface area contributed by atoms with E-state index in [-0.39, 0.29) is 11.3 Å². The van der Waals surface area contributed by atoms with E-state index in [1.54, 1.807) is 20.8 Å². The van der Waals surface area contributed by atoms with E-state index in [9.17, 15) is 9.90 Å². The SMILES string of the molecule is CC(C)(C)OC(=O)c1cc(O)ccc1N. The highest BCUT2D eigenvalue weighted by atomic mass is 16.6. The third kappa shape index (κ3) is 3.16. The van der Waals surface area contributed by atoms with E-state index >= 15 is 0 Å². The zero-order valence-corrected chi connectivity index (χ0v) is 9.07. The van der Waals surface area contributed by atoms with Crippen LogP contribution >= 0.6 is 0 Å². The summed E-state index contributed by atoms with van der Waals surface area (Å²) in [7, 11) is 0. The summed E-state index contributed by atoms with van der Waals surface area (Å²) in [5, 5.41) is 9.22. The van der Waals surface area contributed by atoms with Crippen LogP contribution < -0.4 is 5.73 Å². The van der Waals surface area contributed by atoms with Gasteiger partial charge in [-0.1, -0.05) is 0 Å². The Morgan fingerprint density at radius 1 is 1.40 bits per heavy atom. The van der Waals surface area contributed by atoms with Crippen LogP contribution in [0, 0.1) is 0 Å². The number of carbonyl (C=O) groups excluding carboxylic acids is 1. The first-order valence-corrected chi connectivity index (χ1v) is 4.61. The normalized spacial score (nSPS) is 11.1. The highest BCUT2D eigenvalue weighted by molar-refractivity contribution is 5.95. The maximum Gasteiger partial charge on any atom is 0.340 e. The van der Waals surface area contributed by atoms with E-state index < -0.39 is 11.6 Å². The molecule has 1 aromatic carbocycles. The van der Waals surface area contributed by atoms with Crippen LogP contribution in [0.1, 0.15) is 31.1 Å². The fourth-order valence-electron chi connectivity index (χ4n) is 1.05. The van der Waals surface area contributed by atoms with Crippen LogP contribution in [0.4, 0.5) is 5.69 Å². The molecule has 0 atom stereocenters. The van der Waals surface area contributed by atoms with Crippen molar-refractivity contribution in [2.45, 2.75) is 26.4 Å². The van der Waals surface area contributed by atoms with Crippen LogP contribution in [0.15, 0.2) is 18.2 Å². The zero-order chi connectivity index (χ0) is 11.6. The average Bonchev–Trinajstić information content (AvgIpc) is 2.06. The van der Waals surface area contributed by atoms with E-state index in [1.807, 2.05) is 0 Å². The second-order valence-corrected chi connectivity index (χ2v) is 4.27. The predicted octanol–water partition coefficient (Wildman–Crippen LogP) is 1.93. The number of hydrogen-bond acceptors (Lipinski definition) is 4. The Balaban J connectivity index is 2.96. The van der Waals surface area contributed by atoms with Gasteiger partial charge >= 0.3 is 5.97 Å². The molecular weight excluding hydrogens is 194 g/mol. The lowest BCUT2D eigenvalue weighted by atomic mass is 10.1. The molecule has 4 nitrogen and oxygen atoms in total. The number of carbonyl (C=O) groups is 1. The van der Waals surface area contributed by atoms with Gasteiger partial charge in [-0.05, 0) is 39.0 Å². The molecule has 1 aromatic rings. The molecule has 1 rings (SSSR count). The number of ether oxygens (including phenoxy) is 1. The minimum atomic E-state index is -0.574. The molecule has 4 heteroatoms. The second-order valence-electron chi connectivity index (χ2n) is 4.27. The monoisotopic (exact) mass is 209 g/mol. The number of nitrogen functional groups attached to an aromatic ring is 1. The Hall–Kier alpha value is -1.71. The molecule has 0 radical (unpaired) electrons. The summed E-state index contributed by atoms with van der Waals surface area (Å²) >= 11 is 0. The Kier molecular flexibility index (Phi) is 2.88. The fraction of sp³-hybridized carbons (Fsp3) is 0.364. The number of nitrogens with two attached hydrogens (primary N) is 1. The number of phenols is 1. The molecular formula is C11H15NO3. The van der Waals surface area contributed by atoms with Crippen LogP contribution in [0.2, 0.25) is 0 Å². The Morgan fingerprint density at radius 2 is 2.00 bits per heavy atom. The Morgan fingerprint density at radius 3 is 2.53 bits per heavy atom. The van der Waals surface area contributed by atoms with Gasteiger partial charge < -0.3 is 15.6 Å². The maximum absolute atomic E-state index is 11.6. The van der Waals surface area contributed by atoms with Gasteiger partial charge in [0.15, 0.2) is 0 Å². The highest BCUT2D eigenvalue weighted by Gasteiger charge is 2.19. The van der Waals surface area contributed by atoms with E-state index in [1.165, 1.54) is 18.2 Å². The molecule has 0 aliphatic heterocycles. The summed E-state index contributed by atoms with van der Waals surface area (Å²) in [4.78, 5) is 11.6. The van der Waals surface area contributed by atoms with Crippen LogP contribution in [0.5, 0.6) is 5.75 Å². The van der Waals surface area contributed by atoms with Crippen molar-refractivity contribution in [3.05, 3.63) is 23.8 Å². The Bertz CT molecular complexity index is 380. The fourth-order valence-corrected chi connectivity index (χ4v) is 1.05. The van der Waals surface area contributed by atoms with Crippen molar-refractivity contribution in [1.29, 1.82) is 0 Å². The first kappa shape index (κ1) is 11.4. The van der Waals surface area contributed by atoms with Gasteiger partial charge in [0, 0.05) is 5.69 Å². The van der Waals surface area contributed by atoms with E-state index in [0.717, 1.165) is 0 Å². The number of esters is 1. The van der Waals surface area contributed by atoms with E-state index in [4.69, 9.17) is 10.5 Å². The molecule has 0 aliphatic carbocycles. The van der Waals surface area contributed by atoms with Gasteiger partial charge in [0.25, 0.3) is 0 Å². The zero-order valence-electron chi connectivity index (χ0n) is 9.07. The minimum absolute atomic E-state index is 0.00920. The van der Waals surface area contributed by atoms with Gasteiger partial charge in [-0.25, -0.2) is 4.79 Å². The highest BCUT2D eigenvalue weighted by Crippen LogP contribution is 2.21. The van der Waals surface area contributed by atoms with Crippen molar-refractivity contribution in [1.82, 2.24) is 0 Å². The lowest BCUT2D eigenvalue weighted by molar-refractivity contribution is 0.00704. The molecule has 0 aromatic heterocycles. The first-order valence-electron chi connectivity index (χ1n) is 4.61. The van der Waals surface area contributed by atoms with Gasteiger partial charge in [-0.2, -0.15) is 0 Å². The summed E-state index contributed by atoms with van der Waals surface area (Å²) in [6, 6.07) is 4.18. The van der Waals surface area contributed by atoms with Crippen LogP contribution in [-0.2, 0) is 4.74 Å². The van der Waals surface area contributed by atoms with E-state index in [0.29, 0.717) is 5.69 Å². The van der Waals surface area contributed by atoms with Gasteiger partial charge in [0.1, 0.15) is 11.4 Å². The molecule has 0 fully saturated rings. The second kappa shape index (κ2) is 3.81. The van der Waals surface area contributed by atoms with Gasteiger partial charge in [0.05, 0.1) is 5.56 Å². The largest absolute Gasteiger partial charge is 0.508 e. The quantitative estimate of drug-likeness (QED) is 0.421. The van der Waals surface area contributed by atoms with Crippen molar-refractivity contribution in [2.24, 2.45) is 0 Å². The predicted molar refractivity (Wildman–Crippen MR) is 57.7 cm³/mol. The smallest absolute Gasteiger partial charge is 0.340 e. The van der Waals surface area contributed by atoms with Crippen molar-refractivity contribution < 1.29 is 14.6 Å². The Labute approximate surface area is 88.7 Å². The lowest BCUT2D eigenvalue weighted by Gasteiger charge is -2.20. The summed E-state index contributed by atoms with van der Waals surface area (Å²) in [6.07, 6.45) is 0. The maximum atomic E-state index is 11.6. The topological polar surface area (TPSA) is 72.5 Å². The van der Waals surface area contributed by atoms with Crippen LogP contribution in [0.25, 0.3) is 0 Å². The molecule has 3 N–H and O–H groups in total. The molecule has 0 amide bonds. The number of benzene rings is 1. The summed E-state index contributed by atoms with van der Waals surface area (Å²) < 4.78 is 5.13. The van der Waals surface area contributed by atoms with Gasteiger partial charge in [-0.15, -0.1) is 0 Å². The molecule has 0 aliphatic rings. The summed E-state index contributed by atoms with van der Waals surface area (Å²) in [6.45, 7) is 5.30. The molecule has 0 saturated carbocycles. The van der Waals surface area contributed by atoms with Crippen molar-refractivity contribution in [3.8, 4) is 5.75 Å². The van der Waals surface area contributed by atoms with Gasteiger partial charge in [-0.3, -0.25) is 0 Å². The molecule has 0 unspecified atom stereocenters. The molecule has 0 bridgehead atoms. The third-order valence-electron chi connectivity index (χ3n) is 1.66. The molecule has 0 saturated heterocycles. The molecule has 0 spiro atoms. The van der Waals surface area contributed by atoms with Gasteiger partial charge in [0.2, 0.25) is 0 Å². The number of rotatable bonds is 1. The number of aromatic hydroxyl groups is 1. The van der Waals surface area contributed by atoms with Crippen LogP contribution in [-0.4, -0.2) is 16.7 Å². The molecule has 0 heterocycles. The van der Waals surface area contributed by atoms with Crippen molar-refractivity contribution in [2.75, 3.05) is 5.73 Å². The summed E-state index contributed by atoms with van der Waals surface area (Å²) in [5.41, 5.74) is 5.50. The molecule has 82 valence electrons. The third-order valence-corrected chi connectivity index (χ3v) is 1.66. The standard InChI is InChI=1S/C11H15NO3/c1-11(2,3)15-10(14)8-6-7(13)4-5-9(8)12/h4-6,13H,12H2,1-3H3. The minimum Gasteiger partial charge on any atom is -0.508 e. The van der Waals surface area contributed by atoms with Crippen molar-refractivity contribution >= 4 is 11.7 Å². The molecule has 15 heavy (non-hydrogen) atoms. The number of phenolic OH excluding ortho intramolecular Hbond substituents is 1.